The van der Waals surface area contributed by atoms with Gasteiger partial charge in [-0.15, -0.1) is 0 Å². The summed E-state index contributed by atoms with van der Waals surface area (Å²) in [6.45, 7) is 0. The molecule has 23 heavy (non-hydrogen) atoms. The molecule has 112 valence electrons. The van der Waals surface area contributed by atoms with Gasteiger partial charge in [0.15, 0.2) is 23.0 Å². The number of nitrogens with zero attached hydrogens (tertiary/aromatic N) is 2. The van der Waals surface area contributed by atoms with Crippen molar-refractivity contribution in [3.05, 3.63) is 34.4 Å². The first kappa shape index (κ1) is 17.2. The van der Waals surface area contributed by atoms with Crippen molar-refractivity contribution < 1.29 is 48.9 Å². The molecule has 1 aromatic carbocycles. The molecule has 0 unspecified atom stereocenters. The number of aromatic carboxylic acids is 1. The van der Waals surface area contributed by atoms with Gasteiger partial charge in [0.05, 0.1) is 25.1 Å². The van der Waals surface area contributed by atoms with E-state index >= 15 is 0 Å². The maximum Gasteiger partial charge on any atom is 1.00 e. The summed E-state index contributed by atoms with van der Waals surface area (Å²) in [5.74, 6) is -1.18. The van der Waals surface area contributed by atoms with E-state index in [4.69, 9.17) is 9.47 Å². The summed E-state index contributed by atoms with van der Waals surface area (Å²) in [5.41, 5.74) is -0.0939. The van der Waals surface area contributed by atoms with E-state index in [1.165, 1.54) is 14.2 Å². The van der Waals surface area contributed by atoms with Gasteiger partial charge in [-0.05, 0) is 12.1 Å². The van der Waals surface area contributed by atoms with Gasteiger partial charge in [-0.25, -0.2) is 9.97 Å². The standard InChI is InChI=1S/C14H11N3O5.Na/c1-21-9-4-6-3-7-11(15-8(6)5-10(9)22-2)16-12(14(19)20)17-13(7)18;/h3-5H,1-2H3,(H,19,20)(H,15,16,17,18);/q;+1/p-1. The predicted molar refractivity (Wildman–Crippen MR) is 75.1 cm³/mol. The van der Waals surface area contributed by atoms with Gasteiger partial charge < -0.3 is 24.4 Å². The molecule has 3 rings (SSSR count). The van der Waals surface area contributed by atoms with Gasteiger partial charge in [-0.1, -0.05) is 0 Å². The van der Waals surface area contributed by atoms with Crippen LogP contribution >= 0.6 is 0 Å². The number of benzene rings is 1. The Morgan fingerprint density at radius 2 is 1.78 bits per heavy atom. The molecule has 0 saturated carbocycles. The zero-order valence-electron chi connectivity index (χ0n) is 12.7. The van der Waals surface area contributed by atoms with E-state index in [1.807, 2.05) is 0 Å². The molecule has 3 aromatic rings. The summed E-state index contributed by atoms with van der Waals surface area (Å²) in [5, 5.41) is 11.6. The maximum atomic E-state index is 11.9. The summed E-state index contributed by atoms with van der Waals surface area (Å²) >= 11 is 0. The zero-order chi connectivity index (χ0) is 15.9. The van der Waals surface area contributed by atoms with Gasteiger partial charge in [0.2, 0.25) is 0 Å². The molecular formula is C14H10N3NaO5. The molecule has 0 aliphatic carbocycles. The molecule has 2 aromatic heterocycles. The summed E-state index contributed by atoms with van der Waals surface area (Å²) in [4.78, 5) is 32.9. The van der Waals surface area contributed by atoms with Crippen LogP contribution in [-0.4, -0.2) is 35.1 Å². The Bertz CT molecular complexity index is 970. The number of rotatable bonds is 3. The van der Waals surface area contributed by atoms with Gasteiger partial charge in [0.25, 0.3) is 5.56 Å². The molecule has 0 aliphatic heterocycles. The van der Waals surface area contributed by atoms with Gasteiger partial charge in [-0.2, -0.15) is 0 Å². The van der Waals surface area contributed by atoms with Gasteiger partial charge in [0, 0.05) is 11.5 Å². The second-order valence-corrected chi connectivity index (χ2v) is 4.46. The summed E-state index contributed by atoms with van der Waals surface area (Å²) in [7, 11) is 2.99. The molecule has 0 spiro atoms. The SMILES string of the molecule is COc1cc2cc3c(=O)[nH]c(C(=O)[O-])nc3nc2cc1OC.[Na+]. The number of nitrogens with one attached hydrogen (secondary N) is 1. The Hall–Kier alpha value is -2.16. The average Bonchev–Trinajstić information content (AvgIpc) is 2.51. The number of hydrogen-bond acceptors (Lipinski definition) is 7. The number of methoxy groups -OCH3 is 2. The van der Waals surface area contributed by atoms with E-state index in [9.17, 15) is 14.7 Å². The number of carboxylic acids is 1. The predicted octanol–water partition coefficient (Wildman–Crippen LogP) is -3.14. The molecule has 9 heteroatoms. The Labute approximate surface area is 151 Å². The van der Waals surface area contributed by atoms with Crippen LogP contribution in [0.1, 0.15) is 10.6 Å². The van der Waals surface area contributed by atoms with Crippen LogP contribution in [0.25, 0.3) is 21.9 Å². The molecule has 2 heterocycles. The van der Waals surface area contributed by atoms with E-state index in [-0.39, 0.29) is 40.6 Å². The van der Waals surface area contributed by atoms with Crippen molar-refractivity contribution in [2.45, 2.75) is 0 Å². The van der Waals surface area contributed by atoms with Crippen LogP contribution in [0.2, 0.25) is 0 Å². The fraction of sp³-hybridized carbons (Fsp3) is 0.143. The van der Waals surface area contributed by atoms with Crippen molar-refractivity contribution >= 4 is 27.9 Å². The maximum absolute atomic E-state index is 11.9. The number of aromatic nitrogens is 3. The average molecular weight is 323 g/mol. The van der Waals surface area contributed by atoms with E-state index in [0.717, 1.165) is 0 Å². The van der Waals surface area contributed by atoms with Gasteiger partial charge in [-0.3, -0.25) is 4.79 Å². The van der Waals surface area contributed by atoms with Crippen LogP contribution in [-0.2, 0) is 0 Å². The van der Waals surface area contributed by atoms with Crippen LogP contribution in [0.4, 0.5) is 0 Å². The Balaban J connectivity index is 0.00000192. The number of aromatic amines is 1. The second-order valence-electron chi connectivity index (χ2n) is 4.46. The minimum Gasteiger partial charge on any atom is -0.542 e. The molecule has 0 fully saturated rings. The molecule has 0 saturated heterocycles. The van der Waals surface area contributed by atoms with Crippen molar-refractivity contribution in [2.75, 3.05) is 14.2 Å². The molecule has 1 N–H and O–H groups in total. The molecule has 0 bridgehead atoms. The number of hydrogen-bond donors (Lipinski definition) is 1. The molecule has 0 radical (unpaired) electrons. The monoisotopic (exact) mass is 323 g/mol. The third kappa shape index (κ3) is 3.00. The fourth-order valence-electron chi connectivity index (χ4n) is 2.15. The van der Waals surface area contributed by atoms with Crippen LogP contribution < -0.4 is 49.7 Å². The van der Waals surface area contributed by atoms with E-state index < -0.39 is 17.4 Å². The molecular weight excluding hydrogens is 313 g/mol. The van der Waals surface area contributed by atoms with Crippen molar-refractivity contribution in [2.24, 2.45) is 0 Å². The largest absolute Gasteiger partial charge is 1.00 e. The van der Waals surface area contributed by atoms with Crippen molar-refractivity contribution in [1.82, 2.24) is 15.0 Å². The van der Waals surface area contributed by atoms with Gasteiger partial charge in [0.1, 0.15) is 5.97 Å². The number of ether oxygens (including phenoxy) is 2. The van der Waals surface area contributed by atoms with Crippen LogP contribution in [0.15, 0.2) is 23.0 Å². The topological polar surface area (TPSA) is 117 Å². The first-order valence-electron chi connectivity index (χ1n) is 6.21. The van der Waals surface area contributed by atoms with Crippen molar-refractivity contribution in [1.29, 1.82) is 0 Å². The first-order chi connectivity index (χ1) is 10.5. The smallest absolute Gasteiger partial charge is 0.542 e. The number of carboxylic acid groups (broad SMARTS) is 1. The second kappa shape index (κ2) is 6.53. The number of fused-ring (bicyclic) bond motifs is 2. The van der Waals surface area contributed by atoms with E-state index in [1.54, 1.807) is 18.2 Å². The van der Waals surface area contributed by atoms with Crippen molar-refractivity contribution in [3.8, 4) is 11.5 Å². The molecule has 0 amide bonds. The number of carbonyl (C=O) groups is 1. The summed E-state index contributed by atoms with van der Waals surface area (Å²) in [6.07, 6.45) is 0. The summed E-state index contributed by atoms with van der Waals surface area (Å²) < 4.78 is 10.4. The Morgan fingerprint density at radius 1 is 1.13 bits per heavy atom. The molecule has 0 aliphatic rings. The van der Waals surface area contributed by atoms with Crippen LogP contribution in [0, 0.1) is 0 Å². The number of H-pyrrole nitrogens is 1. The first-order valence-corrected chi connectivity index (χ1v) is 6.21. The zero-order valence-corrected chi connectivity index (χ0v) is 14.7. The Morgan fingerprint density at radius 3 is 2.39 bits per heavy atom. The third-order valence-corrected chi connectivity index (χ3v) is 3.19. The Kier molecular flexibility index (Phi) is 4.88. The summed E-state index contributed by atoms with van der Waals surface area (Å²) in [6, 6.07) is 4.85. The minimum absolute atomic E-state index is 0. The van der Waals surface area contributed by atoms with Crippen LogP contribution in [0.5, 0.6) is 11.5 Å². The van der Waals surface area contributed by atoms with E-state index in [0.29, 0.717) is 22.4 Å². The minimum atomic E-state index is -1.58. The van der Waals surface area contributed by atoms with E-state index in [2.05, 4.69) is 15.0 Å². The molecule has 8 nitrogen and oxygen atoms in total. The normalized spacial score (nSPS) is 10.3. The number of carbonyl (C=O) groups excluding carboxylic acids is 1. The van der Waals surface area contributed by atoms with Crippen molar-refractivity contribution in [3.63, 3.8) is 0 Å². The number of pyridine rings is 1. The van der Waals surface area contributed by atoms with Crippen LogP contribution in [0.3, 0.4) is 0 Å². The van der Waals surface area contributed by atoms with Gasteiger partial charge >= 0.3 is 29.6 Å². The quantitative estimate of drug-likeness (QED) is 0.400. The third-order valence-electron chi connectivity index (χ3n) is 3.19. The molecule has 0 atom stereocenters. The fourth-order valence-corrected chi connectivity index (χ4v) is 2.15.